The fourth-order valence-corrected chi connectivity index (χ4v) is 8.68. The summed E-state index contributed by atoms with van der Waals surface area (Å²) in [7, 11) is 2.16. The molecule has 2 saturated carbocycles. The smallest absolute Gasteiger partial charge is 0.296 e. The Bertz CT molecular complexity index is 1690. The zero-order valence-corrected chi connectivity index (χ0v) is 27.4. The summed E-state index contributed by atoms with van der Waals surface area (Å²) in [5.74, 6) is -1.01. The summed E-state index contributed by atoms with van der Waals surface area (Å²) < 4.78 is 86.4. The van der Waals surface area contributed by atoms with Gasteiger partial charge in [0.15, 0.2) is 0 Å². The molecule has 2 aliphatic heterocycles. The first-order valence-corrected chi connectivity index (χ1v) is 17.3. The van der Waals surface area contributed by atoms with Crippen LogP contribution in [0.1, 0.15) is 99.8 Å². The van der Waals surface area contributed by atoms with E-state index >= 15 is 0 Å². The van der Waals surface area contributed by atoms with Crippen molar-refractivity contribution in [3.05, 3.63) is 69.9 Å². The van der Waals surface area contributed by atoms with E-state index in [9.17, 15) is 31.1 Å². The van der Waals surface area contributed by atoms with E-state index in [1.54, 1.807) is 17.9 Å². The van der Waals surface area contributed by atoms with E-state index in [0.29, 0.717) is 24.6 Å². The number of likely N-dealkylation sites (N-methyl/N-ethyl adjacent to an activating group) is 1. The largest absolute Gasteiger partial charge is 0.418 e. The lowest BCUT2D eigenvalue weighted by Crippen LogP contribution is -2.53. The minimum absolute atomic E-state index is 0.00693. The van der Waals surface area contributed by atoms with Gasteiger partial charge in [-0.1, -0.05) is 37.8 Å². The second-order valence-corrected chi connectivity index (χ2v) is 14.5. The maximum Gasteiger partial charge on any atom is 0.418 e. The number of aromatic nitrogens is 2. The zero-order chi connectivity index (χ0) is 34.0. The summed E-state index contributed by atoms with van der Waals surface area (Å²) in [6, 6.07) is 7.79. The Morgan fingerprint density at radius 2 is 1.67 bits per heavy atom. The van der Waals surface area contributed by atoms with Crippen molar-refractivity contribution in [2.75, 3.05) is 20.1 Å². The van der Waals surface area contributed by atoms with Gasteiger partial charge >= 0.3 is 18.0 Å². The van der Waals surface area contributed by atoms with Gasteiger partial charge in [0, 0.05) is 30.9 Å². The molecule has 2 aliphatic carbocycles. The fourth-order valence-electron chi connectivity index (χ4n) is 8.68. The molecule has 2 aromatic heterocycles. The highest BCUT2D eigenvalue weighted by molar-refractivity contribution is 5.58. The predicted molar refractivity (Wildman–Crippen MR) is 170 cm³/mol. The molecule has 48 heavy (non-hydrogen) atoms. The van der Waals surface area contributed by atoms with Gasteiger partial charge in [0.05, 0.1) is 34.5 Å². The van der Waals surface area contributed by atoms with Gasteiger partial charge in [-0.15, -0.1) is 0 Å². The topological polar surface area (TPSA) is 57.0 Å². The SMILES string of the molecule is C[C@@H](c1cc(C(F)(F)F)c2cn(-c3cccc([C@@H](C4CCC4)C4NNC5(CCCCC5)N4C)c3)c(=O)n2c1)N1CCC[C@@H](C(F)(F)F)C1. The summed E-state index contributed by atoms with van der Waals surface area (Å²) in [6.45, 7) is 1.64. The molecule has 0 bridgehead atoms. The lowest BCUT2D eigenvalue weighted by atomic mass is 9.71. The number of hydrogen-bond donors (Lipinski definition) is 2. The second kappa shape index (κ2) is 12.5. The van der Waals surface area contributed by atoms with Crippen LogP contribution in [0.3, 0.4) is 0 Å². The number of fused-ring (bicyclic) bond motifs is 1. The number of pyridine rings is 1. The number of hydrazine groups is 1. The number of benzene rings is 1. The molecule has 4 heterocycles. The van der Waals surface area contributed by atoms with E-state index < -0.39 is 35.6 Å². The van der Waals surface area contributed by atoms with Crippen molar-refractivity contribution < 1.29 is 26.3 Å². The predicted octanol–water partition coefficient (Wildman–Crippen LogP) is 7.35. The van der Waals surface area contributed by atoms with Crippen molar-refractivity contribution in [3.63, 3.8) is 0 Å². The van der Waals surface area contributed by atoms with E-state index in [1.807, 2.05) is 18.2 Å². The number of alkyl halides is 6. The first kappa shape index (κ1) is 33.6. The molecule has 2 saturated heterocycles. The summed E-state index contributed by atoms with van der Waals surface area (Å²) in [6.07, 6.45) is 2.70. The Morgan fingerprint density at radius 1 is 0.917 bits per heavy atom. The van der Waals surface area contributed by atoms with E-state index in [0.717, 1.165) is 61.0 Å². The minimum atomic E-state index is -4.78. The Balaban J connectivity index is 1.25. The second-order valence-electron chi connectivity index (χ2n) is 14.5. The number of nitrogens with one attached hydrogen (secondary N) is 2. The Labute approximate surface area is 276 Å². The van der Waals surface area contributed by atoms with Crippen molar-refractivity contribution in [3.8, 4) is 5.69 Å². The number of imidazole rings is 1. The molecule has 1 aromatic carbocycles. The third kappa shape index (κ3) is 5.98. The van der Waals surface area contributed by atoms with Gasteiger partial charge in [0.2, 0.25) is 0 Å². The first-order valence-electron chi connectivity index (χ1n) is 17.3. The van der Waals surface area contributed by atoms with Crippen LogP contribution in [0.2, 0.25) is 0 Å². The molecule has 1 unspecified atom stereocenters. The molecule has 7 nitrogen and oxygen atoms in total. The summed E-state index contributed by atoms with van der Waals surface area (Å²) in [5, 5.41) is 0. The molecule has 2 N–H and O–H groups in total. The number of halogens is 6. The summed E-state index contributed by atoms with van der Waals surface area (Å²) in [5.41, 5.74) is 6.81. The van der Waals surface area contributed by atoms with Crippen LogP contribution in [0.5, 0.6) is 0 Å². The molecule has 1 spiro atoms. The van der Waals surface area contributed by atoms with Gasteiger partial charge in [-0.25, -0.2) is 15.6 Å². The standard InChI is InChI=1S/C35H44F6N6O/c1-22(45-16-8-12-26(20-45)34(36,37)38)25-18-28(35(39,40)41)29-21-46(32(48)47(29)19-25)27-13-7-11-24(17-27)30(23-9-6-10-23)31-42-43-33(44(31)2)14-4-3-5-15-33/h7,11,13,17-19,21-23,26,30-31,42-43H,3-6,8-10,12,14-16,20H2,1-2H3/t22-,26+,30+,31?/m0/s1. The summed E-state index contributed by atoms with van der Waals surface area (Å²) in [4.78, 5) is 17.9. The Hall–Kier alpha value is -2.87. The van der Waals surface area contributed by atoms with Gasteiger partial charge in [-0.3, -0.25) is 18.8 Å². The van der Waals surface area contributed by atoms with Crippen LogP contribution in [0, 0.1) is 11.8 Å². The van der Waals surface area contributed by atoms with E-state index in [-0.39, 0.29) is 41.8 Å². The molecule has 0 amide bonds. The molecular weight excluding hydrogens is 634 g/mol. The molecule has 7 rings (SSSR count). The normalized spacial score (nSPS) is 25.8. The highest BCUT2D eigenvalue weighted by Gasteiger charge is 2.49. The molecule has 0 radical (unpaired) electrons. The Kier molecular flexibility index (Phi) is 8.74. The van der Waals surface area contributed by atoms with Crippen LogP contribution >= 0.6 is 0 Å². The first-order chi connectivity index (χ1) is 22.8. The minimum Gasteiger partial charge on any atom is -0.296 e. The lowest BCUT2D eigenvalue weighted by Gasteiger charge is -2.44. The van der Waals surface area contributed by atoms with Crippen molar-refractivity contribution in [2.24, 2.45) is 11.8 Å². The molecule has 3 aromatic rings. The van der Waals surface area contributed by atoms with Crippen LogP contribution in [-0.2, 0) is 6.18 Å². The van der Waals surface area contributed by atoms with Crippen LogP contribution in [-0.4, -0.2) is 56.9 Å². The third-order valence-electron chi connectivity index (χ3n) is 11.8. The quantitative estimate of drug-likeness (QED) is 0.267. The van der Waals surface area contributed by atoms with Crippen LogP contribution in [0.15, 0.2) is 47.5 Å². The maximum atomic E-state index is 14.5. The number of piperidine rings is 1. The molecule has 262 valence electrons. The van der Waals surface area contributed by atoms with Gasteiger partial charge in [0.1, 0.15) is 0 Å². The van der Waals surface area contributed by atoms with Crippen molar-refractivity contribution in [1.29, 1.82) is 0 Å². The maximum absolute atomic E-state index is 14.5. The van der Waals surface area contributed by atoms with Gasteiger partial charge in [-0.05, 0) is 94.3 Å². The zero-order valence-electron chi connectivity index (χ0n) is 27.4. The van der Waals surface area contributed by atoms with E-state index in [4.69, 9.17) is 0 Å². The average Bonchev–Trinajstić information content (AvgIpc) is 3.53. The van der Waals surface area contributed by atoms with Gasteiger partial charge in [0.25, 0.3) is 0 Å². The third-order valence-corrected chi connectivity index (χ3v) is 11.8. The number of likely N-dealkylation sites (tertiary alicyclic amines) is 1. The molecule has 13 heteroatoms. The summed E-state index contributed by atoms with van der Waals surface area (Å²) >= 11 is 0. The van der Waals surface area contributed by atoms with Crippen LogP contribution < -0.4 is 16.5 Å². The average molecular weight is 679 g/mol. The Morgan fingerprint density at radius 3 is 2.33 bits per heavy atom. The highest BCUT2D eigenvalue weighted by atomic mass is 19.4. The van der Waals surface area contributed by atoms with Gasteiger partial charge in [-0.2, -0.15) is 26.3 Å². The lowest BCUT2D eigenvalue weighted by molar-refractivity contribution is -0.188. The van der Waals surface area contributed by atoms with E-state index in [1.165, 1.54) is 23.4 Å². The van der Waals surface area contributed by atoms with Crippen molar-refractivity contribution >= 4 is 5.52 Å². The number of hydrogen-bond acceptors (Lipinski definition) is 5. The number of nitrogens with zero attached hydrogens (tertiary/aromatic N) is 4. The van der Waals surface area contributed by atoms with E-state index in [2.05, 4.69) is 22.8 Å². The number of rotatable bonds is 6. The molecule has 4 aliphatic rings. The van der Waals surface area contributed by atoms with Crippen LogP contribution in [0.25, 0.3) is 11.2 Å². The highest BCUT2D eigenvalue weighted by Crippen LogP contribution is 2.46. The van der Waals surface area contributed by atoms with Crippen molar-refractivity contribution in [1.82, 2.24) is 29.6 Å². The molecule has 4 atom stereocenters. The molecule has 4 fully saturated rings. The van der Waals surface area contributed by atoms with Gasteiger partial charge < -0.3 is 0 Å². The van der Waals surface area contributed by atoms with Crippen molar-refractivity contribution in [2.45, 2.75) is 107 Å². The fraction of sp³-hybridized carbons (Fsp3) is 0.629. The monoisotopic (exact) mass is 678 g/mol. The van der Waals surface area contributed by atoms with Crippen LogP contribution in [0.4, 0.5) is 26.3 Å². The molecular formula is C35H44F6N6O.